The molecule has 1 atom stereocenters. The average Bonchev–Trinajstić information content (AvgIpc) is 2.39. The van der Waals surface area contributed by atoms with E-state index in [1.807, 2.05) is 37.3 Å². The molecule has 2 N–H and O–H groups in total. The molecule has 86 valence electrons. The molecule has 1 aromatic rings. The molecule has 0 fully saturated rings. The van der Waals surface area contributed by atoms with Crippen LogP contribution in [0.1, 0.15) is 12.0 Å². The topological polar surface area (TPSA) is 44.4 Å². The molecule has 1 heterocycles. The number of fused-ring (bicyclic) bond motifs is 1. The minimum atomic E-state index is -0.151. The van der Waals surface area contributed by atoms with Crippen LogP contribution in [-0.4, -0.2) is 31.1 Å². The Morgan fingerprint density at radius 2 is 2.12 bits per heavy atom. The van der Waals surface area contributed by atoms with Gasteiger partial charge in [0.25, 0.3) is 0 Å². The van der Waals surface area contributed by atoms with Gasteiger partial charge in [0.1, 0.15) is 6.04 Å². The second-order valence-corrected chi connectivity index (χ2v) is 4.26. The molecule has 0 saturated carbocycles. The fourth-order valence-corrected chi connectivity index (χ4v) is 1.95. The Balaban J connectivity index is 2.15. The molecule has 1 aliphatic heterocycles. The van der Waals surface area contributed by atoms with Crippen LogP contribution in [0.3, 0.4) is 0 Å². The summed E-state index contributed by atoms with van der Waals surface area (Å²) in [6.45, 7) is 0. The van der Waals surface area contributed by atoms with Crippen molar-refractivity contribution >= 4 is 11.6 Å². The van der Waals surface area contributed by atoms with Gasteiger partial charge in [0.15, 0.2) is 0 Å². The van der Waals surface area contributed by atoms with E-state index in [4.69, 9.17) is 0 Å². The number of carbonyl (C=O) groups is 1. The van der Waals surface area contributed by atoms with E-state index >= 15 is 0 Å². The third-order valence-electron chi connectivity index (χ3n) is 2.71. The molecule has 0 saturated heterocycles. The fourth-order valence-electron chi connectivity index (χ4n) is 1.95. The molecule has 0 bridgehead atoms. The maximum atomic E-state index is 11.9. The van der Waals surface area contributed by atoms with Crippen LogP contribution in [0.15, 0.2) is 24.3 Å². The maximum Gasteiger partial charge on any atom is 0.242 e. The normalized spacial score (nSPS) is 20.2. The Hall–Kier alpha value is -1.39. The standard InChI is InChI=1S/C12H17N3O/c1-15(2)14-11-8-7-9-5-3-4-6-10(9)13-12(11)16/h3-6,11,14H,7-8H2,1-2H3,(H,13,16). The molecule has 1 aromatic carbocycles. The monoisotopic (exact) mass is 219 g/mol. The van der Waals surface area contributed by atoms with Crippen LogP contribution in [0.2, 0.25) is 0 Å². The summed E-state index contributed by atoms with van der Waals surface area (Å²) in [6, 6.07) is 7.81. The number of nitrogens with zero attached hydrogens (tertiary/aromatic N) is 1. The van der Waals surface area contributed by atoms with Gasteiger partial charge in [-0.3, -0.25) is 4.79 Å². The summed E-state index contributed by atoms with van der Waals surface area (Å²) < 4.78 is 0. The third-order valence-corrected chi connectivity index (χ3v) is 2.71. The summed E-state index contributed by atoms with van der Waals surface area (Å²) in [6.07, 6.45) is 1.74. The molecule has 0 spiro atoms. The average molecular weight is 219 g/mol. The van der Waals surface area contributed by atoms with E-state index in [-0.39, 0.29) is 11.9 Å². The number of benzene rings is 1. The number of anilines is 1. The summed E-state index contributed by atoms with van der Waals surface area (Å²) in [5, 5.41) is 4.77. The minimum Gasteiger partial charge on any atom is -0.324 e. The zero-order valence-corrected chi connectivity index (χ0v) is 9.66. The van der Waals surface area contributed by atoms with Gasteiger partial charge < -0.3 is 5.32 Å². The van der Waals surface area contributed by atoms with E-state index in [1.54, 1.807) is 0 Å². The van der Waals surface area contributed by atoms with E-state index < -0.39 is 0 Å². The van der Waals surface area contributed by atoms with Gasteiger partial charge in [-0.1, -0.05) is 18.2 Å². The van der Waals surface area contributed by atoms with Crippen LogP contribution in [-0.2, 0) is 11.2 Å². The quantitative estimate of drug-likeness (QED) is 0.730. The Bertz CT molecular complexity index is 390. The Kier molecular flexibility index (Phi) is 3.22. The summed E-state index contributed by atoms with van der Waals surface area (Å²) in [7, 11) is 3.79. The van der Waals surface area contributed by atoms with Crippen LogP contribution < -0.4 is 10.7 Å². The van der Waals surface area contributed by atoms with Crippen LogP contribution >= 0.6 is 0 Å². The van der Waals surface area contributed by atoms with Crippen molar-refractivity contribution < 1.29 is 4.79 Å². The van der Waals surface area contributed by atoms with Gasteiger partial charge in [-0.15, -0.1) is 0 Å². The number of para-hydroxylation sites is 1. The summed E-state index contributed by atoms with van der Waals surface area (Å²) in [5.74, 6) is 0.0404. The highest BCUT2D eigenvalue weighted by molar-refractivity contribution is 5.96. The predicted octanol–water partition coefficient (Wildman–Crippen LogP) is 1.01. The van der Waals surface area contributed by atoms with Crippen molar-refractivity contribution in [1.82, 2.24) is 10.4 Å². The first kappa shape index (κ1) is 11.1. The summed E-state index contributed by atoms with van der Waals surface area (Å²) >= 11 is 0. The van der Waals surface area contributed by atoms with Crippen molar-refractivity contribution in [3.8, 4) is 0 Å². The Morgan fingerprint density at radius 1 is 1.38 bits per heavy atom. The van der Waals surface area contributed by atoms with Gasteiger partial charge >= 0.3 is 0 Å². The van der Waals surface area contributed by atoms with Gasteiger partial charge in [-0.25, -0.2) is 10.4 Å². The van der Waals surface area contributed by atoms with Gasteiger partial charge in [-0.05, 0) is 24.5 Å². The zero-order valence-electron chi connectivity index (χ0n) is 9.66. The Morgan fingerprint density at radius 3 is 2.88 bits per heavy atom. The SMILES string of the molecule is CN(C)NC1CCc2ccccc2NC1=O. The second-order valence-electron chi connectivity index (χ2n) is 4.26. The highest BCUT2D eigenvalue weighted by Crippen LogP contribution is 2.21. The zero-order chi connectivity index (χ0) is 11.5. The van der Waals surface area contributed by atoms with E-state index in [0.29, 0.717) is 0 Å². The lowest BCUT2D eigenvalue weighted by molar-refractivity contribution is -0.119. The van der Waals surface area contributed by atoms with E-state index in [0.717, 1.165) is 18.5 Å². The van der Waals surface area contributed by atoms with Crippen molar-refractivity contribution in [3.05, 3.63) is 29.8 Å². The molecule has 2 rings (SSSR count). The number of rotatable bonds is 2. The molecule has 0 aliphatic carbocycles. The molecule has 4 nitrogen and oxygen atoms in total. The highest BCUT2D eigenvalue weighted by atomic mass is 16.2. The van der Waals surface area contributed by atoms with E-state index in [9.17, 15) is 4.79 Å². The van der Waals surface area contributed by atoms with Crippen molar-refractivity contribution in [2.75, 3.05) is 19.4 Å². The van der Waals surface area contributed by atoms with Crippen molar-refractivity contribution in [1.29, 1.82) is 0 Å². The molecule has 1 unspecified atom stereocenters. The van der Waals surface area contributed by atoms with Crippen LogP contribution in [0.25, 0.3) is 0 Å². The maximum absolute atomic E-state index is 11.9. The van der Waals surface area contributed by atoms with Crippen molar-refractivity contribution in [3.63, 3.8) is 0 Å². The van der Waals surface area contributed by atoms with Crippen LogP contribution in [0.4, 0.5) is 5.69 Å². The number of hydrazine groups is 1. The van der Waals surface area contributed by atoms with Gasteiger partial charge in [-0.2, -0.15) is 0 Å². The lowest BCUT2D eigenvalue weighted by Crippen LogP contribution is -2.46. The van der Waals surface area contributed by atoms with Crippen molar-refractivity contribution in [2.45, 2.75) is 18.9 Å². The number of nitrogens with one attached hydrogen (secondary N) is 2. The summed E-state index contributed by atoms with van der Waals surface area (Å²) in [4.78, 5) is 11.9. The number of hydrogen-bond acceptors (Lipinski definition) is 3. The molecule has 16 heavy (non-hydrogen) atoms. The number of aryl methyl sites for hydroxylation is 1. The van der Waals surface area contributed by atoms with E-state index in [1.165, 1.54) is 5.56 Å². The van der Waals surface area contributed by atoms with Gasteiger partial charge in [0.2, 0.25) is 5.91 Å². The lowest BCUT2D eigenvalue weighted by atomic mass is 10.1. The molecular formula is C12H17N3O. The minimum absolute atomic E-state index is 0.0404. The molecular weight excluding hydrogens is 202 g/mol. The predicted molar refractivity (Wildman–Crippen MR) is 64.0 cm³/mol. The number of hydrogen-bond donors (Lipinski definition) is 2. The largest absolute Gasteiger partial charge is 0.324 e. The van der Waals surface area contributed by atoms with Crippen LogP contribution in [0, 0.1) is 0 Å². The second kappa shape index (κ2) is 4.63. The number of amides is 1. The first-order valence-corrected chi connectivity index (χ1v) is 5.49. The molecule has 1 aliphatic rings. The Labute approximate surface area is 95.6 Å². The first-order valence-electron chi connectivity index (χ1n) is 5.49. The van der Waals surface area contributed by atoms with Gasteiger partial charge in [0.05, 0.1) is 0 Å². The molecule has 0 radical (unpaired) electrons. The third kappa shape index (κ3) is 2.40. The fraction of sp³-hybridized carbons (Fsp3) is 0.417. The molecule has 0 aromatic heterocycles. The number of carbonyl (C=O) groups excluding carboxylic acids is 1. The highest BCUT2D eigenvalue weighted by Gasteiger charge is 2.23. The van der Waals surface area contributed by atoms with E-state index in [2.05, 4.69) is 16.8 Å². The van der Waals surface area contributed by atoms with Gasteiger partial charge in [0, 0.05) is 19.8 Å². The van der Waals surface area contributed by atoms with Crippen LogP contribution in [0.5, 0.6) is 0 Å². The smallest absolute Gasteiger partial charge is 0.242 e. The molecule has 1 amide bonds. The van der Waals surface area contributed by atoms with Crippen molar-refractivity contribution in [2.24, 2.45) is 0 Å². The lowest BCUT2D eigenvalue weighted by Gasteiger charge is -2.20. The summed E-state index contributed by atoms with van der Waals surface area (Å²) in [5.41, 5.74) is 5.28. The first-order chi connectivity index (χ1) is 7.66. The molecule has 4 heteroatoms.